The van der Waals surface area contributed by atoms with Gasteiger partial charge in [-0.25, -0.2) is 0 Å². The van der Waals surface area contributed by atoms with E-state index < -0.39 is 0 Å². The lowest BCUT2D eigenvalue weighted by Crippen LogP contribution is -2.32. The molecule has 2 nitrogen and oxygen atoms in total. The van der Waals surface area contributed by atoms with E-state index in [1.807, 2.05) is 0 Å². The molecule has 0 amide bonds. The zero-order valence-corrected chi connectivity index (χ0v) is 10.3. The highest BCUT2D eigenvalue weighted by Crippen LogP contribution is 2.31. The van der Waals surface area contributed by atoms with Crippen LogP contribution in [-0.4, -0.2) is 19.8 Å². The van der Waals surface area contributed by atoms with Crippen molar-refractivity contribution in [2.75, 3.05) is 19.8 Å². The van der Waals surface area contributed by atoms with E-state index in [1.165, 1.54) is 31.2 Å². The number of hydrogen-bond donors (Lipinski definition) is 1. The number of fused-ring (bicyclic) bond motifs is 1. The summed E-state index contributed by atoms with van der Waals surface area (Å²) >= 11 is 0. The fraction of sp³-hybridized carbons (Fsp3) is 0.600. The fourth-order valence-electron chi connectivity index (χ4n) is 3.12. The van der Waals surface area contributed by atoms with Crippen molar-refractivity contribution in [3.63, 3.8) is 0 Å². The molecule has 0 bridgehead atoms. The SMILES string of the molecule is c1ccc2c(c1)CCNC2CC1CCOCC1. The topological polar surface area (TPSA) is 21.3 Å². The third kappa shape index (κ3) is 2.53. The summed E-state index contributed by atoms with van der Waals surface area (Å²) in [5.74, 6) is 0.840. The van der Waals surface area contributed by atoms with E-state index in [2.05, 4.69) is 29.6 Å². The van der Waals surface area contributed by atoms with Crippen molar-refractivity contribution in [2.45, 2.75) is 31.7 Å². The normalized spacial score (nSPS) is 25.5. The molecule has 92 valence electrons. The summed E-state index contributed by atoms with van der Waals surface area (Å²) in [5.41, 5.74) is 3.08. The molecule has 2 heterocycles. The molecular formula is C15H21NO. The molecular weight excluding hydrogens is 210 g/mol. The van der Waals surface area contributed by atoms with E-state index in [9.17, 15) is 0 Å². The first-order chi connectivity index (χ1) is 8.43. The Labute approximate surface area is 103 Å². The van der Waals surface area contributed by atoms with Crippen LogP contribution in [0.2, 0.25) is 0 Å². The van der Waals surface area contributed by atoms with Crippen LogP contribution in [0.5, 0.6) is 0 Å². The van der Waals surface area contributed by atoms with Gasteiger partial charge in [-0.05, 0) is 49.3 Å². The largest absolute Gasteiger partial charge is 0.381 e. The maximum Gasteiger partial charge on any atom is 0.0468 e. The summed E-state index contributed by atoms with van der Waals surface area (Å²) in [5, 5.41) is 3.68. The van der Waals surface area contributed by atoms with Gasteiger partial charge in [0.1, 0.15) is 0 Å². The Bertz CT molecular complexity index is 371. The first-order valence-corrected chi connectivity index (χ1v) is 6.82. The fourth-order valence-corrected chi connectivity index (χ4v) is 3.12. The van der Waals surface area contributed by atoms with Crippen molar-refractivity contribution in [2.24, 2.45) is 5.92 Å². The molecule has 2 aliphatic rings. The predicted molar refractivity (Wildman–Crippen MR) is 69.0 cm³/mol. The van der Waals surface area contributed by atoms with E-state index in [1.54, 1.807) is 5.56 Å². The predicted octanol–water partition coefficient (Wildman–Crippen LogP) is 2.69. The second kappa shape index (κ2) is 5.19. The van der Waals surface area contributed by atoms with Crippen molar-refractivity contribution < 1.29 is 4.74 Å². The maximum absolute atomic E-state index is 5.44. The molecule has 0 saturated carbocycles. The van der Waals surface area contributed by atoms with Crippen LogP contribution in [0, 0.1) is 5.92 Å². The van der Waals surface area contributed by atoms with Crippen molar-refractivity contribution in [3.05, 3.63) is 35.4 Å². The molecule has 1 unspecified atom stereocenters. The number of benzene rings is 1. The minimum Gasteiger partial charge on any atom is -0.381 e. The molecule has 0 spiro atoms. The highest BCUT2D eigenvalue weighted by atomic mass is 16.5. The van der Waals surface area contributed by atoms with Crippen molar-refractivity contribution in [3.8, 4) is 0 Å². The van der Waals surface area contributed by atoms with Crippen LogP contribution >= 0.6 is 0 Å². The van der Waals surface area contributed by atoms with E-state index in [4.69, 9.17) is 4.74 Å². The highest BCUT2D eigenvalue weighted by molar-refractivity contribution is 5.32. The Kier molecular flexibility index (Phi) is 3.44. The van der Waals surface area contributed by atoms with E-state index in [0.29, 0.717) is 6.04 Å². The van der Waals surface area contributed by atoms with Gasteiger partial charge in [0.25, 0.3) is 0 Å². The highest BCUT2D eigenvalue weighted by Gasteiger charge is 2.23. The van der Waals surface area contributed by atoms with E-state index >= 15 is 0 Å². The standard InChI is InChI=1S/C15H21NO/c1-2-4-14-13(3-1)5-8-16-15(14)11-12-6-9-17-10-7-12/h1-4,12,15-16H,5-11H2. The van der Waals surface area contributed by atoms with Gasteiger partial charge in [0.15, 0.2) is 0 Å². The molecule has 3 rings (SSSR count). The van der Waals surface area contributed by atoms with Crippen LogP contribution in [0.3, 0.4) is 0 Å². The Balaban J connectivity index is 1.71. The van der Waals surface area contributed by atoms with Crippen molar-refractivity contribution in [1.82, 2.24) is 5.32 Å². The summed E-state index contributed by atoms with van der Waals surface area (Å²) in [4.78, 5) is 0. The molecule has 0 radical (unpaired) electrons. The maximum atomic E-state index is 5.44. The van der Waals surface area contributed by atoms with Crippen LogP contribution in [0.15, 0.2) is 24.3 Å². The Morgan fingerprint density at radius 2 is 2.00 bits per heavy atom. The molecule has 2 aliphatic heterocycles. The van der Waals surface area contributed by atoms with Gasteiger partial charge in [0.2, 0.25) is 0 Å². The monoisotopic (exact) mass is 231 g/mol. The molecule has 2 heteroatoms. The van der Waals surface area contributed by atoms with Gasteiger partial charge in [0.05, 0.1) is 0 Å². The number of ether oxygens (including phenoxy) is 1. The zero-order valence-electron chi connectivity index (χ0n) is 10.3. The molecule has 1 aromatic rings. The first-order valence-electron chi connectivity index (χ1n) is 6.82. The molecule has 0 aliphatic carbocycles. The van der Waals surface area contributed by atoms with Crippen LogP contribution in [0.4, 0.5) is 0 Å². The van der Waals surface area contributed by atoms with E-state index in [0.717, 1.165) is 25.7 Å². The lowest BCUT2D eigenvalue weighted by Gasteiger charge is -2.31. The molecule has 1 saturated heterocycles. The average Bonchev–Trinajstić information content (AvgIpc) is 2.40. The van der Waals surface area contributed by atoms with Gasteiger partial charge in [-0.1, -0.05) is 24.3 Å². The smallest absolute Gasteiger partial charge is 0.0468 e. The third-order valence-corrected chi connectivity index (χ3v) is 4.13. The van der Waals surface area contributed by atoms with Crippen molar-refractivity contribution >= 4 is 0 Å². The summed E-state index contributed by atoms with van der Waals surface area (Å²) in [6.45, 7) is 3.04. The summed E-state index contributed by atoms with van der Waals surface area (Å²) < 4.78 is 5.44. The Morgan fingerprint density at radius 1 is 1.18 bits per heavy atom. The van der Waals surface area contributed by atoms with Gasteiger partial charge in [-0.15, -0.1) is 0 Å². The number of rotatable bonds is 2. The Hall–Kier alpha value is -0.860. The molecule has 1 aromatic carbocycles. The zero-order chi connectivity index (χ0) is 11.5. The second-order valence-corrected chi connectivity index (χ2v) is 5.25. The van der Waals surface area contributed by atoms with Crippen LogP contribution in [-0.2, 0) is 11.2 Å². The third-order valence-electron chi connectivity index (χ3n) is 4.13. The lowest BCUT2D eigenvalue weighted by atomic mass is 9.85. The van der Waals surface area contributed by atoms with Crippen LogP contribution in [0.25, 0.3) is 0 Å². The quantitative estimate of drug-likeness (QED) is 0.845. The van der Waals surface area contributed by atoms with Gasteiger partial charge < -0.3 is 10.1 Å². The molecule has 1 fully saturated rings. The molecule has 0 aromatic heterocycles. The van der Waals surface area contributed by atoms with Crippen LogP contribution in [0.1, 0.15) is 36.4 Å². The number of hydrogen-bond acceptors (Lipinski definition) is 2. The lowest BCUT2D eigenvalue weighted by molar-refractivity contribution is 0.0603. The summed E-state index contributed by atoms with van der Waals surface area (Å²) in [7, 11) is 0. The van der Waals surface area contributed by atoms with Gasteiger partial charge in [0, 0.05) is 19.3 Å². The first kappa shape index (κ1) is 11.2. The molecule has 1 N–H and O–H groups in total. The molecule has 1 atom stereocenters. The minimum absolute atomic E-state index is 0.572. The Morgan fingerprint density at radius 3 is 2.88 bits per heavy atom. The van der Waals surface area contributed by atoms with Crippen LogP contribution < -0.4 is 5.32 Å². The summed E-state index contributed by atoms with van der Waals surface area (Å²) in [6, 6.07) is 9.49. The van der Waals surface area contributed by atoms with Gasteiger partial charge >= 0.3 is 0 Å². The second-order valence-electron chi connectivity index (χ2n) is 5.25. The summed E-state index contributed by atoms with van der Waals surface area (Å²) in [6.07, 6.45) is 4.93. The van der Waals surface area contributed by atoms with E-state index in [-0.39, 0.29) is 0 Å². The number of nitrogens with one attached hydrogen (secondary N) is 1. The van der Waals surface area contributed by atoms with Gasteiger partial charge in [-0.2, -0.15) is 0 Å². The minimum atomic E-state index is 0.572. The average molecular weight is 231 g/mol. The van der Waals surface area contributed by atoms with Crippen molar-refractivity contribution in [1.29, 1.82) is 0 Å². The van der Waals surface area contributed by atoms with Gasteiger partial charge in [-0.3, -0.25) is 0 Å². The molecule has 17 heavy (non-hydrogen) atoms.